The maximum atomic E-state index is 12.7. The lowest BCUT2D eigenvalue weighted by Gasteiger charge is -2.08. The van der Waals surface area contributed by atoms with Crippen LogP contribution >= 0.6 is 0 Å². The highest BCUT2D eigenvalue weighted by Crippen LogP contribution is 2.37. The van der Waals surface area contributed by atoms with Crippen LogP contribution in [0.25, 0.3) is 6.08 Å². The van der Waals surface area contributed by atoms with Crippen molar-refractivity contribution in [2.24, 2.45) is 0 Å². The van der Waals surface area contributed by atoms with Crippen molar-refractivity contribution >= 4 is 17.8 Å². The Morgan fingerprint density at radius 3 is 2.38 bits per heavy atom. The van der Waals surface area contributed by atoms with E-state index in [0.717, 1.165) is 5.56 Å². The molecule has 0 aliphatic carbocycles. The summed E-state index contributed by atoms with van der Waals surface area (Å²) in [5.74, 6) is 0.906. The minimum absolute atomic E-state index is 0.186. The third-order valence-corrected chi connectivity index (χ3v) is 4.58. The van der Waals surface area contributed by atoms with E-state index in [0.29, 0.717) is 33.9 Å². The molecule has 0 fully saturated rings. The standard InChI is InChI=1S/C24H18O5/c1-15-12-19(28-24(26)17-8-10-18(27-2)11-9-17)14-20-22(15)23(25)21(29-20)13-16-6-4-3-5-7-16/h3-14H,1-2H3/b21-13-. The first-order valence-electron chi connectivity index (χ1n) is 9.05. The van der Waals surface area contributed by atoms with Gasteiger partial charge in [0.15, 0.2) is 5.76 Å². The molecule has 5 heteroatoms. The summed E-state index contributed by atoms with van der Waals surface area (Å²) < 4.78 is 16.3. The lowest BCUT2D eigenvalue weighted by Crippen LogP contribution is -2.08. The molecular formula is C24H18O5. The number of ketones is 1. The van der Waals surface area contributed by atoms with Crippen LogP contribution in [0.2, 0.25) is 0 Å². The molecule has 0 atom stereocenters. The molecule has 0 N–H and O–H groups in total. The Morgan fingerprint density at radius 2 is 1.69 bits per heavy atom. The van der Waals surface area contributed by atoms with E-state index in [1.165, 1.54) is 0 Å². The Balaban J connectivity index is 1.58. The zero-order valence-corrected chi connectivity index (χ0v) is 16.0. The number of benzene rings is 3. The zero-order valence-electron chi connectivity index (χ0n) is 16.0. The van der Waals surface area contributed by atoms with Gasteiger partial charge < -0.3 is 14.2 Å². The first-order chi connectivity index (χ1) is 14.0. The van der Waals surface area contributed by atoms with Crippen molar-refractivity contribution in [2.75, 3.05) is 7.11 Å². The Kier molecular flexibility index (Phi) is 4.87. The first-order valence-corrected chi connectivity index (χ1v) is 9.05. The molecule has 0 unspecified atom stereocenters. The fraction of sp³-hybridized carbons (Fsp3) is 0.0833. The largest absolute Gasteiger partial charge is 0.497 e. The predicted molar refractivity (Wildman–Crippen MR) is 109 cm³/mol. The minimum atomic E-state index is -0.503. The summed E-state index contributed by atoms with van der Waals surface area (Å²) in [6.45, 7) is 1.79. The van der Waals surface area contributed by atoms with E-state index >= 15 is 0 Å². The van der Waals surface area contributed by atoms with Gasteiger partial charge in [0.1, 0.15) is 17.2 Å². The van der Waals surface area contributed by atoms with Crippen molar-refractivity contribution in [3.8, 4) is 17.2 Å². The summed E-state index contributed by atoms with van der Waals surface area (Å²) in [4.78, 5) is 25.1. The van der Waals surface area contributed by atoms with Crippen LogP contribution in [0.3, 0.4) is 0 Å². The van der Waals surface area contributed by atoms with Gasteiger partial charge in [0.25, 0.3) is 0 Å². The van der Waals surface area contributed by atoms with E-state index < -0.39 is 5.97 Å². The number of carbonyl (C=O) groups is 2. The van der Waals surface area contributed by atoms with Crippen molar-refractivity contribution in [2.45, 2.75) is 6.92 Å². The number of Topliss-reactive ketones (excluding diaryl/α,β-unsaturated/α-hetero) is 1. The number of methoxy groups -OCH3 is 1. The van der Waals surface area contributed by atoms with Crippen molar-refractivity contribution in [3.63, 3.8) is 0 Å². The Labute approximate surface area is 168 Å². The van der Waals surface area contributed by atoms with Crippen LogP contribution in [0, 0.1) is 6.92 Å². The second kappa shape index (κ2) is 7.64. The van der Waals surface area contributed by atoms with E-state index in [-0.39, 0.29) is 11.5 Å². The molecule has 0 bridgehead atoms. The number of ether oxygens (including phenoxy) is 3. The molecule has 0 amide bonds. The summed E-state index contributed by atoms with van der Waals surface area (Å²) in [5.41, 5.74) is 2.43. The molecule has 0 radical (unpaired) electrons. The van der Waals surface area contributed by atoms with E-state index in [1.807, 2.05) is 30.3 Å². The smallest absolute Gasteiger partial charge is 0.343 e. The van der Waals surface area contributed by atoms with Gasteiger partial charge >= 0.3 is 5.97 Å². The van der Waals surface area contributed by atoms with Crippen LogP contribution in [-0.4, -0.2) is 18.9 Å². The van der Waals surface area contributed by atoms with Crippen molar-refractivity contribution in [1.29, 1.82) is 0 Å². The number of hydrogen-bond acceptors (Lipinski definition) is 5. The normalized spacial score (nSPS) is 13.7. The topological polar surface area (TPSA) is 61.8 Å². The number of fused-ring (bicyclic) bond motifs is 1. The van der Waals surface area contributed by atoms with Gasteiger partial charge in [-0.25, -0.2) is 4.79 Å². The fourth-order valence-corrected chi connectivity index (χ4v) is 3.13. The summed E-state index contributed by atoms with van der Waals surface area (Å²) in [7, 11) is 1.56. The van der Waals surface area contributed by atoms with Crippen molar-refractivity contribution in [1.82, 2.24) is 0 Å². The molecule has 4 rings (SSSR count). The average molecular weight is 386 g/mol. The summed E-state index contributed by atoms with van der Waals surface area (Å²) in [5, 5.41) is 0. The molecule has 3 aromatic carbocycles. The molecule has 0 saturated heterocycles. The second-order valence-corrected chi connectivity index (χ2v) is 6.58. The monoisotopic (exact) mass is 386 g/mol. The molecule has 29 heavy (non-hydrogen) atoms. The third-order valence-electron chi connectivity index (χ3n) is 4.58. The van der Waals surface area contributed by atoms with E-state index in [9.17, 15) is 9.59 Å². The van der Waals surface area contributed by atoms with Crippen LogP contribution in [-0.2, 0) is 0 Å². The SMILES string of the molecule is COc1ccc(C(=O)Oc2cc(C)c3c(c2)O/C(=C\c2ccccc2)C3=O)cc1. The fourth-order valence-electron chi connectivity index (χ4n) is 3.13. The van der Waals surface area contributed by atoms with Crippen molar-refractivity contribution in [3.05, 3.63) is 94.7 Å². The summed E-state index contributed by atoms with van der Waals surface area (Å²) in [6, 6.07) is 19.3. The molecule has 1 heterocycles. The molecule has 1 aliphatic rings. The molecule has 144 valence electrons. The highest BCUT2D eigenvalue weighted by molar-refractivity contribution is 6.15. The Bertz CT molecular complexity index is 1110. The predicted octanol–water partition coefficient (Wildman–Crippen LogP) is 4.84. The van der Waals surface area contributed by atoms with Crippen LogP contribution in [0.15, 0.2) is 72.5 Å². The van der Waals surface area contributed by atoms with Crippen molar-refractivity contribution < 1.29 is 23.8 Å². The highest BCUT2D eigenvalue weighted by Gasteiger charge is 2.30. The number of allylic oxidation sites excluding steroid dienone is 1. The van der Waals surface area contributed by atoms with Gasteiger partial charge in [-0.3, -0.25) is 4.79 Å². The van der Waals surface area contributed by atoms with Crippen LogP contribution < -0.4 is 14.2 Å². The van der Waals surface area contributed by atoms with Gasteiger partial charge in [-0.2, -0.15) is 0 Å². The molecule has 0 aromatic heterocycles. The number of rotatable bonds is 4. The Morgan fingerprint density at radius 1 is 0.966 bits per heavy atom. The lowest BCUT2D eigenvalue weighted by molar-refractivity contribution is 0.0734. The Hall–Kier alpha value is -3.86. The van der Waals surface area contributed by atoms with Gasteiger partial charge in [0, 0.05) is 6.07 Å². The van der Waals surface area contributed by atoms with E-state index in [1.54, 1.807) is 56.5 Å². The number of esters is 1. The quantitative estimate of drug-likeness (QED) is 0.365. The average Bonchev–Trinajstić information content (AvgIpc) is 3.04. The molecule has 3 aromatic rings. The number of hydrogen-bond donors (Lipinski definition) is 0. The summed E-state index contributed by atoms with van der Waals surface area (Å²) >= 11 is 0. The lowest BCUT2D eigenvalue weighted by atomic mass is 10.0. The van der Waals surface area contributed by atoms with Crippen LogP contribution in [0.1, 0.15) is 31.8 Å². The number of aryl methyl sites for hydroxylation is 1. The third kappa shape index (κ3) is 3.75. The maximum Gasteiger partial charge on any atom is 0.343 e. The van der Waals surface area contributed by atoms with Gasteiger partial charge in [-0.05, 0) is 54.5 Å². The molecule has 0 spiro atoms. The van der Waals surface area contributed by atoms with Crippen LogP contribution in [0.4, 0.5) is 0 Å². The van der Waals surface area contributed by atoms with Gasteiger partial charge in [-0.1, -0.05) is 30.3 Å². The zero-order chi connectivity index (χ0) is 20.4. The van der Waals surface area contributed by atoms with Gasteiger partial charge in [0.05, 0.1) is 18.2 Å². The van der Waals surface area contributed by atoms with Gasteiger partial charge in [0.2, 0.25) is 5.78 Å². The molecule has 1 aliphatic heterocycles. The molecule has 0 saturated carbocycles. The second-order valence-electron chi connectivity index (χ2n) is 6.58. The molecule has 5 nitrogen and oxygen atoms in total. The van der Waals surface area contributed by atoms with Gasteiger partial charge in [-0.15, -0.1) is 0 Å². The van der Waals surface area contributed by atoms with E-state index in [4.69, 9.17) is 14.2 Å². The minimum Gasteiger partial charge on any atom is -0.497 e. The highest BCUT2D eigenvalue weighted by atomic mass is 16.5. The summed E-state index contributed by atoms with van der Waals surface area (Å²) in [6.07, 6.45) is 1.70. The molecular weight excluding hydrogens is 368 g/mol. The first kappa shape index (κ1) is 18.5. The van der Waals surface area contributed by atoms with Crippen LogP contribution in [0.5, 0.6) is 17.2 Å². The van der Waals surface area contributed by atoms with E-state index in [2.05, 4.69) is 0 Å². The number of carbonyl (C=O) groups excluding carboxylic acids is 2. The maximum absolute atomic E-state index is 12.7.